The molecule has 3 aromatic carbocycles. The molecule has 10 nitrogen and oxygen atoms in total. The Balaban J connectivity index is 1.07. The Morgan fingerprint density at radius 3 is 2.52 bits per heavy atom. The van der Waals surface area contributed by atoms with Crippen LogP contribution in [0.15, 0.2) is 77.7 Å². The number of carbonyl (C=O) groups excluding carboxylic acids is 2. The zero-order chi connectivity index (χ0) is 39.8. The third-order valence-electron chi connectivity index (χ3n) is 13.2. The highest BCUT2D eigenvalue weighted by atomic mass is 19.4. The number of aromatic nitrogens is 2. The van der Waals surface area contributed by atoms with Crippen LogP contribution < -0.4 is 21.5 Å². The third kappa shape index (κ3) is 6.48. The molecule has 3 aliphatic carbocycles. The first-order chi connectivity index (χ1) is 26.5. The maximum absolute atomic E-state index is 14.5. The number of hydrogen-bond acceptors (Lipinski definition) is 7. The highest BCUT2D eigenvalue weighted by molar-refractivity contribution is 6.47. The summed E-state index contributed by atoms with van der Waals surface area (Å²) < 4.78 is 54.8. The number of fused-ring (bicyclic) bond motifs is 2. The molecule has 0 radical (unpaired) electrons. The summed E-state index contributed by atoms with van der Waals surface area (Å²) in [6.07, 6.45) is -0.760. The molecule has 3 N–H and O–H groups in total. The minimum Gasteiger partial charge on any atom is -0.404 e. The number of halogens is 3. The molecule has 2 aliphatic heterocycles. The van der Waals surface area contributed by atoms with E-state index in [1.165, 1.54) is 22.9 Å². The van der Waals surface area contributed by atoms with Crippen LogP contribution in [-0.4, -0.2) is 46.1 Å². The second-order valence-corrected chi connectivity index (χ2v) is 17.1. The van der Waals surface area contributed by atoms with Crippen LogP contribution in [0.25, 0.3) is 10.8 Å². The fourth-order valence-corrected chi connectivity index (χ4v) is 9.95. The average molecular weight is 770 g/mol. The summed E-state index contributed by atoms with van der Waals surface area (Å²) in [5, 5.41) is 11.0. The largest absolute Gasteiger partial charge is 0.481 e. The molecule has 2 bridgehead atoms. The van der Waals surface area contributed by atoms with Crippen LogP contribution in [0, 0.1) is 17.3 Å². The van der Waals surface area contributed by atoms with E-state index in [0.717, 1.165) is 35.7 Å². The second-order valence-electron chi connectivity index (χ2n) is 17.1. The molecule has 3 saturated carbocycles. The molecule has 7 atom stereocenters. The number of hydrogen-bond donors (Lipinski definition) is 3. The number of amides is 2. The van der Waals surface area contributed by atoms with Crippen molar-refractivity contribution in [2.75, 3.05) is 10.6 Å². The molecular weight excluding hydrogens is 722 g/mol. The number of rotatable bonds is 10. The topological polar surface area (TPSA) is 124 Å². The van der Waals surface area contributed by atoms with E-state index in [9.17, 15) is 27.6 Å². The van der Waals surface area contributed by atoms with Gasteiger partial charge in [0.25, 0.3) is 5.56 Å². The summed E-state index contributed by atoms with van der Waals surface area (Å²) >= 11 is 0. The van der Waals surface area contributed by atoms with Crippen molar-refractivity contribution in [1.82, 2.24) is 14.9 Å². The summed E-state index contributed by atoms with van der Waals surface area (Å²) in [5.74, 6) is -0.0982. The van der Waals surface area contributed by atoms with Crippen molar-refractivity contribution in [1.29, 1.82) is 0 Å². The van der Waals surface area contributed by atoms with Crippen LogP contribution in [0.5, 0.6) is 0 Å². The summed E-state index contributed by atoms with van der Waals surface area (Å²) in [7, 11) is -0.678. The van der Waals surface area contributed by atoms with Crippen LogP contribution >= 0.6 is 0 Å². The molecule has 9 rings (SSSR count). The smallest absolute Gasteiger partial charge is 0.404 e. The molecule has 0 unspecified atom stereocenters. The van der Waals surface area contributed by atoms with Gasteiger partial charge in [0.2, 0.25) is 11.8 Å². The monoisotopic (exact) mass is 769 g/mol. The maximum atomic E-state index is 14.5. The van der Waals surface area contributed by atoms with Gasteiger partial charge < -0.3 is 25.3 Å². The Labute approximate surface area is 324 Å². The highest BCUT2D eigenvalue weighted by Gasteiger charge is 2.68. The van der Waals surface area contributed by atoms with E-state index in [0.29, 0.717) is 29.5 Å². The molecule has 14 heteroatoms. The zero-order valence-electron chi connectivity index (χ0n) is 32.2. The van der Waals surface area contributed by atoms with E-state index < -0.39 is 53.3 Å². The van der Waals surface area contributed by atoms with E-state index in [1.807, 2.05) is 56.3 Å². The van der Waals surface area contributed by atoms with Crippen molar-refractivity contribution >= 4 is 41.1 Å². The van der Waals surface area contributed by atoms with Gasteiger partial charge in [0, 0.05) is 29.5 Å². The Hall–Kier alpha value is -4.69. The van der Waals surface area contributed by atoms with Crippen molar-refractivity contribution in [2.45, 2.75) is 109 Å². The first-order valence-electron chi connectivity index (χ1n) is 19.4. The molecule has 294 valence electrons. The van der Waals surface area contributed by atoms with Crippen LogP contribution in [0.4, 0.5) is 24.5 Å². The van der Waals surface area contributed by atoms with Gasteiger partial charge >= 0.3 is 13.3 Å². The van der Waals surface area contributed by atoms with Crippen LogP contribution in [-0.2, 0) is 37.0 Å². The summed E-state index contributed by atoms with van der Waals surface area (Å²) in [6.45, 7) is 10.4. The van der Waals surface area contributed by atoms with Crippen molar-refractivity contribution in [2.24, 2.45) is 17.3 Å². The lowest BCUT2D eigenvalue weighted by Crippen LogP contribution is -2.65. The number of nitrogens with one attached hydrogen (secondary N) is 3. The lowest BCUT2D eigenvalue weighted by atomic mass is 9.43. The van der Waals surface area contributed by atoms with Gasteiger partial charge in [-0.3, -0.25) is 19.0 Å². The molecule has 1 saturated heterocycles. The van der Waals surface area contributed by atoms with Gasteiger partial charge in [0.1, 0.15) is 17.6 Å². The van der Waals surface area contributed by atoms with E-state index in [2.05, 4.69) is 41.7 Å². The second kappa shape index (κ2) is 13.8. The fourth-order valence-electron chi connectivity index (χ4n) is 9.95. The normalized spacial score (nSPS) is 27.9. The van der Waals surface area contributed by atoms with Crippen LogP contribution in [0.3, 0.4) is 0 Å². The maximum Gasteiger partial charge on any atom is 0.481 e. The quantitative estimate of drug-likeness (QED) is 0.144. The van der Waals surface area contributed by atoms with Gasteiger partial charge in [-0.25, -0.2) is 4.98 Å². The van der Waals surface area contributed by atoms with Crippen molar-refractivity contribution < 1.29 is 32.1 Å². The molecule has 3 heterocycles. The van der Waals surface area contributed by atoms with Gasteiger partial charge in [-0.1, -0.05) is 76.2 Å². The Kier molecular flexibility index (Phi) is 9.38. The first kappa shape index (κ1) is 38.2. The first-order valence-corrected chi connectivity index (χ1v) is 19.4. The van der Waals surface area contributed by atoms with Gasteiger partial charge in [-0.15, -0.1) is 0 Å². The van der Waals surface area contributed by atoms with Gasteiger partial charge in [0.05, 0.1) is 29.4 Å². The zero-order valence-corrected chi connectivity index (χ0v) is 32.2. The number of benzene rings is 3. The predicted molar refractivity (Wildman–Crippen MR) is 208 cm³/mol. The number of anilines is 2. The molecule has 56 heavy (non-hydrogen) atoms. The van der Waals surface area contributed by atoms with Crippen molar-refractivity contribution in [3.05, 3.63) is 100 Å². The fraction of sp³-hybridized carbons (Fsp3) is 0.476. The Morgan fingerprint density at radius 2 is 1.77 bits per heavy atom. The molecule has 5 aliphatic rings. The van der Waals surface area contributed by atoms with Crippen LogP contribution in [0.2, 0.25) is 0 Å². The van der Waals surface area contributed by atoms with Crippen molar-refractivity contribution in [3.63, 3.8) is 0 Å². The number of nitrogens with zero attached hydrogens (tertiary/aromatic N) is 2. The van der Waals surface area contributed by atoms with E-state index in [-0.39, 0.29) is 48.3 Å². The number of carbonyl (C=O) groups is 2. The van der Waals surface area contributed by atoms with E-state index >= 15 is 0 Å². The minimum absolute atomic E-state index is 0.0153. The standard InChI is InChI=1S/C42H47BF3N5O5/c1-6-34(43-55-33-19-27-18-32(39(27,2)3)41(33,5)56-43)50-36(53)31-20-40(4,21-35(52)49-29-16-10-13-25-12-7-8-15-28(25)29)38-48-23-30(37(54)51(31)38)47-22-24-11-9-14-26(17-24)42(44,45)46/h7-17,23,27,31-34,47H,6,18-22H2,1-5H3,(H,49,52)(H,50,53)/t27-,31-,32-,33+,34-,40-,41-/m0/s1. The molecule has 4 fully saturated rings. The molecule has 1 aromatic heterocycles. The predicted octanol–water partition coefficient (Wildman–Crippen LogP) is 7.42. The molecule has 0 spiro atoms. The highest BCUT2D eigenvalue weighted by Crippen LogP contribution is 2.65. The van der Waals surface area contributed by atoms with Crippen LogP contribution in [0.1, 0.15) is 89.7 Å². The number of alkyl halides is 3. The summed E-state index contributed by atoms with van der Waals surface area (Å²) in [5.41, 5.74) is -1.77. The summed E-state index contributed by atoms with van der Waals surface area (Å²) in [6, 6.07) is 17.1. The SMILES string of the molecule is CC[C@H](NC(=O)[C@@H]1C[C@@](C)(CC(=O)Nc2cccc3ccccc23)c2ncc(NCc3cccc(C(F)(F)F)c3)c(=O)n21)B1O[C@@H]2C[C@@H]3C[C@@H](C3(C)C)[C@]2(C)O1. The molecular formula is C42H47BF3N5O5. The van der Waals surface area contributed by atoms with Gasteiger partial charge in [-0.05, 0) is 79.0 Å². The summed E-state index contributed by atoms with van der Waals surface area (Å²) in [4.78, 5) is 47.2. The third-order valence-corrected chi connectivity index (χ3v) is 13.2. The lowest BCUT2D eigenvalue weighted by Gasteiger charge is -2.64. The minimum atomic E-state index is -4.52. The molecule has 2 amide bonds. The lowest BCUT2D eigenvalue weighted by molar-refractivity contribution is -0.199. The Bertz CT molecular complexity index is 2260. The van der Waals surface area contributed by atoms with E-state index in [1.54, 1.807) is 0 Å². The average Bonchev–Trinajstić information content (AvgIpc) is 3.67. The van der Waals surface area contributed by atoms with Gasteiger partial charge in [0.15, 0.2) is 0 Å². The van der Waals surface area contributed by atoms with Crippen molar-refractivity contribution in [3.8, 4) is 0 Å². The Morgan fingerprint density at radius 1 is 1.02 bits per heavy atom. The molecule has 4 aromatic rings. The van der Waals surface area contributed by atoms with Gasteiger partial charge in [-0.2, -0.15) is 13.2 Å². The van der Waals surface area contributed by atoms with E-state index in [4.69, 9.17) is 9.31 Å².